The van der Waals surface area contributed by atoms with Gasteiger partial charge in [0.05, 0.1) is 33.9 Å². The van der Waals surface area contributed by atoms with Crippen molar-refractivity contribution in [2.24, 2.45) is 38.6 Å². The highest BCUT2D eigenvalue weighted by molar-refractivity contribution is 7.86. The molecule has 5 aromatic rings. The molecule has 0 radical (unpaired) electrons. The Balaban J connectivity index is 0.745. The first kappa shape index (κ1) is 84.7. The van der Waals surface area contributed by atoms with Crippen LogP contribution in [0.5, 0.6) is 0 Å². The molecular formula is C77H100N14O18S3. The Bertz CT molecular complexity index is 4630. The second-order valence-electron chi connectivity index (χ2n) is 31.0. The zero-order valence-corrected chi connectivity index (χ0v) is 66.0. The number of nitrogens with one attached hydrogen (secondary N) is 5. The van der Waals surface area contributed by atoms with Gasteiger partial charge in [0.1, 0.15) is 24.5 Å². The van der Waals surface area contributed by atoms with E-state index in [0.29, 0.717) is 85.1 Å². The molecule has 112 heavy (non-hydrogen) atoms. The largest absolute Gasteiger partial charge is 0.476 e. The molecule has 0 saturated heterocycles. The number of thiazole rings is 1. The molecular weight excluding hydrogens is 1510 g/mol. The number of carbonyl (C=O) groups excluding carboxylic acids is 8. The number of ether oxygens (including phenoxy) is 2. The van der Waals surface area contributed by atoms with Crippen molar-refractivity contribution in [2.45, 2.75) is 149 Å². The van der Waals surface area contributed by atoms with Gasteiger partial charge in [-0.1, -0.05) is 81.9 Å². The minimum absolute atomic E-state index is 0.0370. The minimum Gasteiger partial charge on any atom is -0.476 e. The summed E-state index contributed by atoms with van der Waals surface area (Å²) in [4.78, 5) is 137. The lowest BCUT2D eigenvalue weighted by molar-refractivity contribution is -0.242. The van der Waals surface area contributed by atoms with Crippen LogP contribution in [0.2, 0.25) is 0 Å². The van der Waals surface area contributed by atoms with Crippen LogP contribution in [-0.2, 0) is 73.3 Å². The summed E-state index contributed by atoms with van der Waals surface area (Å²) >= 11 is 1.38. The quantitative estimate of drug-likeness (QED) is 0.00797. The molecule has 4 fully saturated rings. The molecule has 4 saturated carbocycles. The Morgan fingerprint density at radius 3 is 2.14 bits per heavy atom. The lowest BCUT2D eigenvalue weighted by atomic mass is 9.39. The molecule has 3 aromatic carbocycles. The van der Waals surface area contributed by atoms with Crippen molar-refractivity contribution >= 4 is 123 Å². The van der Waals surface area contributed by atoms with E-state index < -0.39 is 110 Å². The molecule has 32 nitrogen and oxygen atoms in total. The molecule has 4 aliphatic carbocycles. The number of anilines is 3. The monoisotopic (exact) mass is 1600 g/mol. The molecule has 4 atom stereocenters. The maximum atomic E-state index is 13.9. The van der Waals surface area contributed by atoms with E-state index in [1.807, 2.05) is 41.3 Å². The highest BCUT2D eigenvalue weighted by Gasteiger charge is 2.66. The van der Waals surface area contributed by atoms with Crippen LogP contribution in [0.15, 0.2) is 102 Å². The Morgan fingerprint density at radius 1 is 0.768 bits per heavy atom. The van der Waals surface area contributed by atoms with Crippen LogP contribution in [0, 0.1) is 22.2 Å². The van der Waals surface area contributed by atoms with Gasteiger partial charge < -0.3 is 57.1 Å². The van der Waals surface area contributed by atoms with Gasteiger partial charge in [-0.25, -0.2) is 24.4 Å². The maximum absolute atomic E-state index is 13.9. The van der Waals surface area contributed by atoms with Crippen molar-refractivity contribution in [3.63, 3.8) is 0 Å². The number of allylic oxidation sites excluding steroid dienone is 1. The minimum atomic E-state index is -4.62. The Labute approximate surface area is 654 Å². The third kappa shape index (κ3) is 22.8. The van der Waals surface area contributed by atoms with E-state index in [1.165, 1.54) is 54.0 Å². The number of fused-ring (bicyclic) bond motifs is 2. The normalized spacial score (nSPS) is 20.7. The van der Waals surface area contributed by atoms with Gasteiger partial charge in [0.2, 0.25) is 17.7 Å². The first-order chi connectivity index (χ1) is 53.0. The molecule has 4 heterocycles. The number of urea groups is 1. The number of primary amides is 1. The molecule has 0 spiro atoms. The molecule has 9 amide bonds. The summed E-state index contributed by atoms with van der Waals surface area (Å²) in [5.41, 5.74) is 15.0. The molecule has 604 valence electrons. The van der Waals surface area contributed by atoms with Gasteiger partial charge in [-0.15, -0.1) is 0 Å². The average Bonchev–Trinajstić information content (AvgIpc) is 0.753. The van der Waals surface area contributed by atoms with Gasteiger partial charge in [0.15, 0.2) is 10.8 Å². The number of hydrogen-bond acceptors (Lipinski definition) is 22. The highest BCUT2D eigenvalue weighted by atomic mass is 32.2. The highest BCUT2D eigenvalue weighted by Crippen LogP contribution is 2.71. The fourth-order valence-electron chi connectivity index (χ4n) is 17.1. The van der Waals surface area contributed by atoms with Gasteiger partial charge in [-0.05, 0) is 159 Å². The molecule has 3 unspecified atom stereocenters. The molecule has 2 aromatic heterocycles. The van der Waals surface area contributed by atoms with Gasteiger partial charge in [0.25, 0.3) is 38.0 Å². The van der Waals surface area contributed by atoms with E-state index in [-0.39, 0.29) is 111 Å². The second kappa shape index (κ2) is 36.4. The van der Waals surface area contributed by atoms with E-state index in [0.717, 1.165) is 63.2 Å². The third-order valence-corrected chi connectivity index (χ3v) is 23.6. The van der Waals surface area contributed by atoms with Crippen molar-refractivity contribution in [1.29, 1.82) is 0 Å². The van der Waals surface area contributed by atoms with Crippen LogP contribution in [0.4, 0.5) is 26.2 Å². The van der Waals surface area contributed by atoms with Crippen molar-refractivity contribution < 1.29 is 83.7 Å². The van der Waals surface area contributed by atoms with Crippen LogP contribution in [0.1, 0.15) is 155 Å². The van der Waals surface area contributed by atoms with Crippen LogP contribution < -0.4 is 43.0 Å². The fraction of sp³-hybridized carbons (Fsp3) is 0.506. The predicted octanol–water partition coefficient (Wildman–Crippen LogP) is 7.32. The molecule has 12 N–H and O–H groups in total. The van der Waals surface area contributed by atoms with E-state index in [1.54, 1.807) is 43.9 Å². The summed E-state index contributed by atoms with van der Waals surface area (Å²) < 4.78 is 82.1. The number of carboxylic acids is 1. The van der Waals surface area contributed by atoms with E-state index in [4.69, 9.17) is 30.9 Å². The summed E-state index contributed by atoms with van der Waals surface area (Å²) in [6, 6.07) is 19.8. The number of imide groups is 1. The number of carboxylic acid groups (broad SMARTS) is 1. The zero-order chi connectivity index (χ0) is 80.9. The Hall–Kier alpha value is -9.78. The summed E-state index contributed by atoms with van der Waals surface area (Å²) in [5, 5.41) is 24.9. The van der Waals surface area contributed by atoms with Crippen molar-refractivity contribution in [2.75, 3.05) is 92.5 Å². The van der Waals surface area contributed by atoms with Crippen LogP contribution in [0.3, 0.4) is 0 Å². The lowest BCUT2D eigenvalue weighted by Crippen LogP contribution is -2.64. The van der Waals surface area contributed by atoms with Gasteiger partial charge in [0, 0.05) is 118 Å². The summed E-state index contributed by atoms with van der Waals surface area (Å²) in [6.07, 6.45) is 9.79. The number of nitrogens with two attached hydrogens (primary N) is 2. The number of nitrogens with zero attached hydrogens (tertiary/aromatic N) is 7. The zero-order valence-electron chi connectivity index (χ0n) is 63.5. The number of aromatic carboxylic acids is 1. The van der Waals surface area contributed by atoms with E-state index in [2.05, 4.69) is 45.4 Å². The Kier molecular flexibility index (Phi) is 27.5. The topological polar surface area (TPSA) is 464 Å². The van der Waals surface area contributed by atoms with Crippen molar-refractivity contribution in [1.82, 2.24) is 40.6 Å². The smallest absolute Gasteiger partial charge is 0.410 e. The number of pyridine rings is 1. The van der Waals surface area contributed by atoms with Crippen molar-refractivity contribution in [3.05, 3.63) is 131 Å². The number of aromatic nitrogens is 2. The van der Waals surface area contributed by atoms with Crippen LogP contribution >= 0.6 is 11.3 Å². The number of benzene rings is 3. The maximum Gasteiger partial charge on any atom is 0.410 e. The lowest BCUT2D eigenvalue weighted by Gasteiger charge is -2.69. The number of hydrogen-bond donors (Lipinski definition) is 10. The summed E-state index contributed by atoms with van der Waals surface area (Å²) in [5.74, 6) is -5.62. The number of rotatable bonds is 39. The predicted molar refractivity (Wildman–Crippen MR) is 421 cm³/mol. The standard InChI is InChI=1S/C77H100N14O18S3/c1-49(2)65(86-62(92)18-7-6-10-29-91-63(93)25-26-64(91)94)69(97)83-59(16-12-28-80-71(79)100)68(96)82-53-21-19-51(20-22-53)41-108-73(101)89(35-38-112(105,106)107)32-31-88(34-37-111(102,103)104)33-36-109-77-45-74(4)42-75(5,46-77)44-76(43-74,47-77)48-81-50(3)56(39-78)54-23-24-61(85-66(54)70(98)99)90-30-27-52-13-11-14-55(57(52)40-90)67(95)87-72-84-58-15-8-9-17-60(58)110-72/h8-9,11,13-15,17,19-26,39,49,59,65H,6-7,10,12,16,18,27-38,40-48,78H2,1-5H3,(H,82,96)(H,83,97)(H,86,92)(H,98,99)(H3,79,80,100)(H,84,87,95)(H,102,103,104)(H,105,106,107)/t59-,65?,74?,75?,76?,77?/m0/s1. The van der Waals surface area contributed by atoms with Gasteiger partial charge in [-0.2, -0.15) is 16.8 Å². The number of para-hydroxylation sites is 1. The number of aliphatic imine (C=N–C) groups is 1. The number of carbonyl (C=O) groups is 9. The van der Waals surface area contributed by atoms with E-state index in [9.17, 15) is 74.2 Å². The number of unbranched alkanes of at least 4 members (excludes halogenated alkanes) is 2. The first-order valence-electron chi connectivity index (χ1n) is 37.5. The van der Waals surface area contributed by atoms with Crippen LogP contribution in [0.25, 0.3) is 15.8 Å². The van der Waals surface area contributed by atoms with Crippen molar-refractivity contribution in [3.8, 4) is 0 Å². The fourth-order valence-corrected chi connectivity index (χ4v) is 18.9. The molecule has 11 rings (SSSR count). The summed E-state index contributed by atoms with van der Waals surface area (Å²) in [7, 11) is -9.12. The summed E-state index contributed by atoms with van der Waals surface area (Å²) in [6.45, 7) is 10.1. The van der Waals surface area contributed by atoms with Gasteiger partial charge in [-0.3, -0.25) is 58.0 Å². The van der Waals surface area contributed by atoms with Crippen LogP contribution in [-0.4, -0.2) is 210 Å². The molecule has 6 aliphatic rings. The second-order valence-corrected chi connectivity index (χ2v) is 35.2. The first-order valence-corrected chi connectivity index (χ1v) is 41.5. The average molecular weight is 1610 g/mol. The molecule has 35 heteroatoms. The number of amides is 9. The van der Waals surface area contributed by atoms with E-state index >= 15 is 0 Å². The Morgan fingerprint density at radius 2 is 1.47 bits per heavy atom. The van der Waals surface area contributed by atoms with Gasteiger partial charge >= 0.3 is 18.1 Å². The molecule has 2 aliphatic heterocycles. The molecule has 4 bridgehead atoms. The SMILES string of the molecule is CC(=NCC12CC3(C)CC(C)(C1)CC(OCCN(CCN(CCS(=O)(=O)O)C(=O)OCc1ccc(NC(=O)[C@H](CCCNC(N)=O)NC(=O)C(NC(=O)CCCCCN4C(=O)C=CC4=O)C(C)C)cc1)CCS(=O)(=O)O)(C3)C2)C(=CN)c1ccc(N2CCc3cccc(C(=O)Nc4nc5ccccc5s4)c3C2)nc1C(=O)O. The third-order valence-electron chi connectivity index (χ3n) is 21.3.